The molecule has 0 spiro atoms. The number of hydrogen-bond donors (Lipinski definition) is 3. The van der Waals surface area contributed by atoms with Crippen LogP contribution in [0, 0.1) is 11.8 Å². The number of aromatic nitrogens is 1. The van der Waals surface area contributed by atoms with Gasteiger partial charge in [-0.2, -0.15) is 0 Å². The monoisotopic (exact) mass is 370 g/mol. The fourth-order valence-corrected chi connectivity index (χ4v) is 6.27. The lowest BCUT2D eigenvalue weighted by Crippen LogP contribution is -2.68. The lowest BCUT2D eigenvalue weighted by Gasteiger charge is -2.58. The van der Waals surface area contributed by atoms with Gasteiger partial charge >= 0.3 is 5.97 Å². The quantitative estimate of drug-likeness (QED) is 0.704. The predicted octanol–water partition coefficient (Wildman–Crippen LogP) is 1.93. The second-order valence-corrected chi connectivity index (χ2v) is 8.57. The summed E-state index contributed by atoms with van der Waals surface area (Å²) >= 11 is 0. The Kier molecular flexibility index (Phi) is 3.62. The molecule has 4 heterocycles. The third-order valence-electron chi connectivity index (χ3n) is 7.17. The first-order valence-electron chi connectivity index (χ1n) is 9.80. The molecule has 3 N–H and O–H groups in total. The van der Waals surface area contributed by atoms with Crippen molar-refractivity contribution in [1.29, 1.82) is 0 Å². The van der Waals surface area contributed by atoms with E-state index in [2.05, 4.69) is 9.88 Å². The summed E-state index contributed by atoms with van der Waals surface area (Å²) in [6.45, 7) is 3.69. The maximum atomic E-state index is 13.3. The minimum absolute atomic E-state index is 0.0439. The molecule has 2 aromatic rings. The van der Waals surface area contributed by atoms with Gasteiger partial charge in [-0.05, 0) is 49.8 Å². The van der Waals surface area contributed by atoms with Crippen molar-refractivity contribution in [3.05, 3.63) is 29.5 Å². The van der Waals surface area contributed by atoms with Gasteiger partial charge in [0, 0.05) is 47.7 Å². The molecule has 0 radical (unpaired) electrons. The van der Waals surface area contributed by atoms with Crippen LogP contribution in [0.2, 0.25) is 0 Å². The molecule has 6 heteroatoms. The van der Waals surface area contributed by atoms with Crippen LogP contribution in [0.15, 0.2) is 18.2 Å². The van der Waals surface area contributed by atoms with Gasteiger partial charge in [-0.15, -0.1) is 0 Å². The van der Waals surface area contributed by atoms with E-state index >= 15 is 0 Å². The number of H-pyrrole nitrogens is 1. The first-order valence-corrected chi connectivity index (χ1v) is 9.80. The summed E-state index contributed by atoms with van der Waals surface area (Å²) in [6, 6.07) is 5.28. The molecule has 6 atom stereocenters. The second-order valence-electron chi connectivity index (χ2n) is 8.57. The van der Waals surface area contributed by atoms with Gasteiger partial charge in [-0.1, -0.05) is 0 Å². The van der Waals surface area contributed by atoms with Crippen molar-refractivity contribution < 1.29 is 19.7 Å². The van der Waals surface area contributed by atoms with Crippen LogP contribution in [0.4, 0.5) is 0 Å². The average molecular weight is 370 g/mol. The normalized spacial score (nSPS) is 35.5. The zero-order valence-electron chi connectivity index (χ0n) is 15.7. The fourth-order valence-electron chi connectivity index (χ4n) is 6.27. The topological polar surface area (TPSA) is 85.8 Å². The van der Waals surface area contributed by atoms with Crippen molar-refractivity contribution in [2.24, 2.45) is 11.8 Å². The Balaban J connectivity index is 1.80. The summed E-state index contributed by atoms with van der Waals surface area (Å²) in [4.78, 5) is 19.2. The number of aliphatic hydroxyl groups is 1. The SMILES string of the molecule is COC(=O)[C@@]12C[C@H]3CC([C@H](C)O)[C@H]1N(CCc1c2[nH]c2cc(O)ccc12)C3. The van der Waals surface area contributed by atoms with E-state index in [1.54, 1.807) is 12.1 Å². The van der Waals surface area contributed by atoms with E-state index in [1.807, 2.05) is 13.0 Å². The number of benzene rings is 1. The van der Waals surface area contributed by atoms with Gasteiger partial charge in [0.15, 0.2) is 0 Å². The lowest BCUT2D eigenvalue weighted by atomic mass is 9.56. The highest BCUT2D eigenvalue weighted by atomic mass is 16.5. The number of methoxy groups -OCH3 is 1. The van der Waals surface area contributed by atoms with E-state index in [1.165, 1.54) is 7.11 Å². The van der Waals surface area contributed by atoms with Crippen LogP contribution in [-0.4, -0.2) is 58.4 Å². The molecular weight excluding hydrogens is 344 g/mol. The van der Waals surface area contributed by atoms with Crippen molar-refractivity contribution in [2.75, 3.05) is 20.2 Å². The number of aromatic amines is 1. The molecule has 2 saturated heterocycles. The summed E-state index contributed by atoms with van der Waals surface area (Å²) in [5.41, 5.74) is 2.14. The van der Waals surface area contributed by atoms with E-state index in [0.717, 1.165) is 54.5 Å². The molecule has 1 saturated carbocycles. The van der Waals surface area contributed by atoms with Gasteiger partial charge in [-0.25, -0.2) is 0 Å². The molecule has 1 aromatic carbocycles. The molecule has 144 valence electrons. The number of nitrogens with zero attached hydrogens (tertiary/aromatic N) is 1. The highest BCUT2D eigenvalue weighted by Gasteiger charge is 2.63. The Bertz CT molecular complexity index is 920. The van der Waals surface area contributed by atoms with Crippen LogP contribution in [-0.2, 0) is 21.4 Å². The zero-order chi connectivity index (χ0) is 18.9. The Morgan fingerprint density at radius 2 is 2.26 bits per heavy atom. The number of ether oxygens (including phenoxy) is 1. The molecule has 3 fully saturated rings. The molecule has 6 rings (SSSR count). The third kappa shape index (κ3) is 2.17. The maximum absolute atomic E-state index is 13.3. The molecule has 1 aliphatic carbocycles. The summed E-state index contributed by atoms with van der Waals surface area (Å²) in [5.74, 6) is 0.396. The number of aliphatic hydroxyl groups excluding tert-OH is 1. The third-order valence-corrected chi connectivity index (χ3v) is 7.17. The van der Waals surface area contributed by atoms with Gasteiger partial charge in [0.25, 0.3) is 0 Å². The van der Waals surface area contributed by atoms with Gasteiger partial charge in [0.2, 0.25) is 0 Å². The van der Waals surface area contributed by atoms with E-state index in [9.17, 15) is 15.0 Å². The van der Waals surface area contributed by atoms with Gasteiger partial charge in [-0.3, -0.25) is 9.69 Å². The van der Waals surface area contributed by atoms with Crippen LogP contribution in [0.25, 0.3) is 10.9 Å². The van der Waals surface area contributed by atoms with Crippen molar-refractivity contribution in [1.82, 2.24) is 9.88 Å². The zero-order valence-corrected chi connectivity index (χ0v) is 15.7. The molecule has 2 unspecified atom stereocenters. The summed E-state index contributed by atoms with van der Waals surface area (Å²) in [5, 5.41) is 21.5. The number of piperidine rings is 2. The van der Waals surface area contributed by atoms with Crippen LogP contribution >= 0.6 is 0 Å². The largest absolute Gasteiger partial charge is 0.508 e. The summed E-state index contributed by atoms with van der Waals surface area (Å²) < 4.78 is 5.36. The predicted molar refractivity (Wildman–Crippen MR) is 101 cm³/mol. The molecule has 4 bridgehead atoms. The number of aromatic hydroxyl groups is 1. The number of esters is 1. The van der Waals surface area contributed by atoms with Crippen LogP contribution in [0.5, 0.6) is 5.75 Å². The van der Waals surface area contributed by atoms with Gasteiger partial charge in [0.05, 0.1) is 13.2 Å². The number of hydrogen-bond acceptors (Lipinski definition) is 5. The minimum atomic E-state index is -0.794. The standard InChI is InChI=1S/C21H26N2O4/c1-11(24)16-7-12-9-21(20(26)27-2)18-15(5-6-23(10-12)19(16)21)14-4-3-13(25)8-17(14)22-18/h3-4,8,11-12,16,19,22,24-25H,5-7,9-10H2,1-2H3/t11-,12+,16?,19+,21+/m0/s1. The van der Waals surface area contributed by atoms with Crippen molar-refractivity contribution in [2.45, 2.75) is 43.7 Å². The number of rotatable bonds is 2. The van der Waals surface area contributed by atoms with E-state index in [4.69, 9.17) is 4.74 Å². The number of phenols is 1. The second kappa shape index (κ2) is 5.72. The van der Waals surface area contributed by atoms with E-state index in [0.29, 0.717) is 5.92 Å². The molecule has 0 amide bonds. The number of carbonyl (C=O) groups is 1. The van der Waals surface area contributed by atoms with E-state index in [-0.39, 0.29) is 23.7 Å². The van der Waals surface area contributed by atoms with Crippen molar-refractivity contribution in [3.8, 4) is 5.75 Å². The Morgan fingerprint density at radius 3 is 3.00 bits per heavy atom. The molecule has 1 aromatic heterocycles. The molecule has 6 nitrogen and oxygen atoms in total. The van der Waals surface area contributed by atoms with Crippen molar-refractivity contribution >= 4 is 16.9 Å². The van der Waals surface area contributed by atoms with E-state index < -0.39 is 11.5 Å². The lowest BCUT2D eigenvalue weighted by molar-refractivity contribution is -0.166. The summed E-state index contributed by atoms with van der Waals surface area (Å²) in [6.07, 6.45) is 2.07. The maximum Gasteiger partial charge on any atom is 0.319 e. The number of nitrogens with one attached hydrogen (secondary N) is 1. The average Bonchev–Trinajstić information content (AvgIpc) is 2.98. The number of phenolic OH excluding ortho intramolecular Hbond substituents is 1. The van der Waals surface area contributed by atoms with Crippen LogP contribution in [0.1, 0.15) is 31.0 Å². The molecule has 27 heavy (non-hydrogen) atoms. The Labute approximate surface area is 158 Å². The fraction of sp³-hybridized carbons (Fsp3) is 0.571. The Hall–Kier alpha value is -2.05. The van der Waals surface area contributed by atoms with Gasteiger partial charge in [0.1, 0.15) is 11.2 Å². The van der Waals surface area contributed by atoms with Crippen LogP contribution in [0.3, 0.4) is 0 Å². The van der Waals surface area contributed by atoms with Crippen molar-refractivity contribution in [3.63, 3.8) is 0 Å². The molecule has 4 aliphatic rings. The highest BCUT2D eigenvalue weighted by molar-refractivity contribution is 5.92. The molecular formula is C21H26N2O4. The number of carbonyl (C=O) groups excluding carboxylic acids is 1. The first kappa shape index (κ1) is 17.1. The summed E-state index contributed by atoms with van der Waals surface area (Å²) in [7, 11) is 1.46. The first-order chi connectivity index (χ1) is 13.0. The minimum Gasteiger partial charge on any atom is -0.508 e. The highest BCUT2D eigenvalue weighted by Crippen LogP contribution is 2.55. The molecule has 3 aliphatic heterocycles. The van der Waals surface area contributed by atoms with Crippen LogP contribution < -0.4 is 0 Å². The Morgan fingerprint density at radius 1 is 1.44 bits per heavy atom. The smallest absolute Gasteiger partial charge is 0.319 e. The number of fused-ring (bicyclic) bond motifs is 4. The van der Waals surface area contributed by atoms with Gasteiger partial charge < -0.3 is 19.9 Å².